The highest BCUT2D eigenvalue weighted by atomic mass is 14.8. The van der Waals surface area contributed by atoms with Crippen molar-refractivity contribution in [2.75, 3.05) is 13.6 Å². The van der Waals surface area contributed by atoms with Crippen LogP contribution in [0.3, 0.4) is 0 Å². The highest BCUT2D eigenvalue weighted by Gasteiger charge is 2.21. The van der Waals surface area contributed by atoms with Gasteiger partial charge in [0.1, 0.15) is 0 Å². The second kappa shape index (κ2) is 5.49. The summed E-state index contributed by atoms with van der Waals surface area (Å²) in [4.78, 5) is 0. The Morgan fingerprint density at radius 2 is 1.88 bits per heavy atom. The van der Waals surface area contributed by atoms with Crippen LogP contribution in [0.2, 0.25) is 0 Å². The maximum absolute atomic E-state index is 3.31. The molecule has 1 heteroatoms. The monoisotopic (exact) mass is 219 g/mol. The Balaban J connectivity index is 2.81. The van der Waals surface area contributed by atoms with Gasteiger partial charge in [-0.1, -0.05) is 32.0 Å². The topological polar surface area (TPSA) is 12.0 Å². The number of aryl methyl sites for hydroxylation is 2. The molecule has 1 aromatic rings. The number of benzene rings is 1. The van der Waals surface area contributed by atoms with Crippen LogP contribution in [0.1, 0.15) is 37.0 Å². The van der Waals surface area contributed by atoms with Crippen molar-refractivity contribution < 1.29 is 0 Å². The molecule has 0 aliphatic rings. The van der Waals surface area contributed by atoms with Gasteiger partial charge in [0.2, 0.25) is 0 Å². The van der Waals surface area contributed by atoms with E-state index in [1.807, 2.05) is 7.05 Å². The SMILES string of the molecule is CCC(C)(CNC)Cc1ccc(C)c(C)c1. The summed E-state index contributed by atoms with van der Waals surface area (Å²) >= 11 is 0. The molecule has 0 saturated carbocycles. The van der Waals surface area contributed by atoms with Gasteiger partial charge in [-0.3, -0.25) is 0 Å². The Morgan fingerprint density at radius 1 is 1.19 bits per heavy atom. The number of hydrogen-bond acceptors (Lipinski definition) is 1. The Kier molecular flexibility index (Phi) is 4.55. The quantitative estimate of drug-likeness (QED) is 0.799. The van der Waals surface area contributed by atoms with Gasteiger partial charge in [0.15, 0.2) is 0 Å². The van der Waals surface area contributed by atoms with Gasteiger partial charge in [0, 0.05) is 6.54 Å². The molecule has 1 N–H and O–H groups in total. The van der Waals surface area contributed by atoms with Gasteiger partial charge in [-0.05, 0) is 55.8 Å². The van der Waals surface area contributed by atoms with E-state index in [-0.39, 0.29) is 0 Å². The Morgan fingerprint density at radius 3 is 2.38 bits per heavy atom. The first-order chi connectivity index (χ1) is 7.50. The summed E-state index contributed by atoms with van der Waals surface area (Å²) in [5.74, 6) is 0. The minimum absolute atomic E-state index is 0.371. The molecule has 0 spiro atoms. The van der Waals surface area contributed by atoms with Crippen LogP contribution in [0, 0.1) is 19.3 Å². The Hall–Kier alpha value is -0.820. The standard InChI is InChI=1S/C15H25N/c1-6-15(4,11-16-5)10-14-8-7-12(2)13(3)9-14/h7-9,16H,6,10-11H2,1-5H3. The van der Waals surface area contributed by atoms with Crippen molar-refractivity contribution in [3.05, 3.63) is 34.9 Å². The molecule has 1 atom stereocenters. The minimum atomic E-state index is 0.371. The van der Waals surface area contributed by atoms with Gasteiger partial charge in [-0.2, -0.15) is 0 Å². The molecule has 0 heterocycles. The van der Waals surface area contributed by atoms with Gasteiger partial charge >= 0.3 is 0 Å². The molecule has 1 nitrogen and oxygen atoms in total. The van der Waals surface area contributed by atoms with Crippen LogP contribution in [0.25, 0.3) is 0 Å². The summed E-state index contributed by atoms with van der Waals surface area (Å²) in [6.07, 6.45) is 2.37. The largest absolute Gasteiger partial charge is 0.319 e. The van der Waals surface area contributed by atoms with Gasteiger partial charge in [-0.15, -0.1) is 0 Å². The lowest BCUT2D eigenvalue weighted by molar-refractivity contribution is 0.299. The Bertz CT molecular complexity index is 343. The molecule has 1 aromatic carbocycles. The van der Waals surface area contributed by atoms with Crippen LogP contribution >= 0.6 is 0 Å². The molecular formula is C15H25N. The minimum Gasteiger partial charge on any atom is -0.319 e. The molecule has 0 amide bonds. The summed E-state index contributed by atoms with van der Waals surface area (Å²) in [6.45, 7) is 10.1. The summed E-state index contributed by atoms with van der Waals surface area (Å²) in [5, 5.41) is 3.31. The normalized spacial score (nSPS) is 14.8. The Labute approximate surface area is 100 Å². The first-order valence-electron chi connectivity index (χ1n) is 6.21. The van der Waals surface area contributed by atoms with Crippen molar-refractivity contribution in [2.45, 2.75) is 40.5 Å². The van der Waals surface area contributed by atoms with Crippen molar-refractivity contribution >= 4 is 0 Å². The molecule has 0 aliphatic heterocycles. The summed E-state index contributed by atoms with van der Waals surface area (Å²) in [7, 11) is 2.04. The first kappa shape index (κ1) is 13.2. The van der Waals surface area contributed by atoms with E-state index in [0.717, 1.165) is 13.0 Å². The second-order valence-corrected chi connectivity index (χ2v) is 5.29. The van der Waals surface area contributed by atoms with Crippen molar-refractivity contribution in [3.63, 3.8) is 0 Å². The number of hydrogen-bond donors (Lipinski definition) is 1. The van der Waals surface area contributed by atoms with Crippen molar-refractivity contribution in [1.82, 2.24) is 5.32 Å². The maximum atomic E-state index is 3.31. The van der Waals surface area contributed by atoms with E-state index in [1.165, 1.54) is 23.1 Å². The van der Waals surface area contributed by atoms with Crippen LogP contribution < -0.4 is 5.32 Å². The molecule has 90 valence electrons. The summed E-state index contributed by atoms with van der Waals surface area (Å²) in [5.41, 5.74) is 4.62. The van der Waals surface area contributed by atoms with Gasteiger partial charge in [0.05, 0.1) is 0 Å². The van der Waals surface area contributed by atoms with Gasteiger partial charge in [0.25, 0.3) is 0 Å². The third-order valence-electron chi connectivity index (χ3n) is 3.66. The fraction of sp³-hybridized carbons (Fsp3) is 0.600. The van der Waals surface area contributed by atoms with E-state index in [9.17, 15) is 0 Å². The zero-order chi connectivity index (χ0) is 12.2. The number of rotatable bonds is 5. The molecular weight excluding hydrogens is 194 g/mol. The smallest absolute Gasteiger partial charge is 0.000524 e. The lowest BCUT2D eigenvalue weighted by Crippen LogP contribution is -2.31. The predicted octanol–water partition coefficient (Wildman–Crippen LogP) is 3.48. The highest BCUT2D eigenvalue weighted by Crippen LogP contribution is 2.26. The van der Waals surface area contributed by atoms with Crippen molar-refractivity contribution in [3.8, 4) is 0 Å². The summed E-state index contributed by atoms with van der Waals surface area (Å²) in [6, 6.07) is 6.84. The van der Waals surface area contributed by atoms with Crippen molar-refractivity contribution in [2.24, 2.45) is 5.41 Å². The highest BCUT2D eigenvalue weighted by molar-refractivity contribution is 5.30. The number of nitrogens with one attached hydrogen (secondary N) is 1. The van der Waals surface area contributed by atoms with Crippen LogP contribution in [0.4, 0.5) is 0 Å². The molecule has 0 aromatic heterocycles. The first-order valence-corrected chi connectivity index (χ1v) is 6.21. The maximum Gasteiger partial charge on any atom is 0.000524 e. The zero-order valence-corrected chi connectivity index (χ0v) is 11.4. The molecule has 0 fully saturated rings. The van der Waals surface area contributed by atoms with Crippen LogP contribution in [-0.2, 0) is 6.42 Å². The van der Waals surface area contributed by atoms with E-state index in [0.29, 0.717) is 5.41 Å². The lowest BCUT2D eigenvalue weighted by Gasteiger charge is -2.28. The van der Waals surface area contributed by atoms with Crippen molar-refractivity contribution in [1.29, 1.82) is 0 Å². The van der Waals surface area contributed by atoms with E-state index in [4.69, 9.17) is 0 Å². The fourth-order valence-electron chi connectivity index (χ4n) is 2.15. The van der Waals surface area contributed by atoms with Gasteiger partial charge < -0.3 is 5.32 Å². The molecule has 1 rings (SSSR count). The fourth-order valence-corrected chi connectivity index (χ4v) is 2.15. The van der Waals surface area contributed by atoms with Crippen LogP contribution in [0.15, 0.2) is 18.2 Å². The van der Waals surface area contributed by atoms with E-state index < -0.39 is 0 Å². The van der Waals surface area contributed by atoms with E-state index in [2.05, 4.69) is 51.2 Å². The molecule has 16 heavy (non-hydrogen) atoms. The summed E-state index contributed by atoms with van der Waals surface area (Å²) < 4.78 is 0. The third kappa shape index (κ3) is 3.34. The van der Waals surface area contributed by atoms with Crippen LogP contribution in [-0.4, -0.2) is 13.6 Å². The van der Waals surface area contributed by atoms with Crippen LogP contribution in [0.5, 0.6) is 0 Å². The average molecular weight is 219 g/mol. The molecule has 0 aliphatic carbocycles. The third-order valence-corrected chi connectivity index (χ3v) is 3.66. The second-order valence-electron chi connectivity index (χ2n) is 5.29. The predicted molar refractivity (Wildman–Crippen MR) is 71.9 cm³/mol. The molecule has 0 bridgehead atoms. The average Bonchev–Trinajstić information content (AvgIpc) is 2.24. The molecule has 0 radical (unpaired) electrons. The lowest BCUT2D eigenvalue weighted by atomic mass is 9.80. The molecule has 1 unspecified atom stereocenters. The zero-order valence-electron chi connectivity index (χ0n) is 11.4. The van der Waals surface area contributed by atoms with Gasteiger partial charge in [-0.25, -0.2) is 0 Å². The molecule has 0 saturated heterocycles. The van der Waals surface area contributed by atoms with E-state index >= 15 is 0 Å². The van der Waals surface area contributed by atoms with E-state index in [1.54, 1.807) is 0 Å².